The highest BCUT2D eigenvalue weighted by Gasteiger charge is 2.05. The molecule has 0 aliphatic rings. The fourth-order valence-electron chi connectivity index (χ4n) is 1.70. The predicted molar refractivity (Wildman–Crippen MR) is 65.8 cm³/mol. The van der Waals surface area contributed by atoms with Crippen LogP contribution in [0.2, 0.25) is 0 Å². The molecule has 0 bridgehead atoms. The second kappa shape index (κ2) is 6.61. The van der Waals surface area contributed by atoms with Crippen LogP contribution in [0.3, 0.4) is 0 Å². The van der Waals surface area contributed by atoms with Crippen LogP contribution in [0.5, 0.6) is 0 Å². The molecule has 1 heterocycles. The normalized spacial score (nSPS) is 13.1. The minimum absolute atomic E-state index is 0.300. The molecular weight excluding hydrogens is 200 g/mol. The van der Waals surface area contributed by atoms with Crippen molar-refractivity contribution >= 4 is 0 Å². The van der Waals surface area contributed by atoms with Crippen LogP contribution in [0.25, 0.3) is 0 Å². The van der Waals surface area contributed by atoms with Crippen molar-refractivity contribution in [3.8, 4) is 0 Å². The molecule has 1 aromatic rings. The fourth-order valence-corrected chi connectivity index (χ4v) is 1.70. The Morgan fingerprint density at radius 2 is 2.12 bits per heavy atom. The van der Waals surface area contributed by atoms with Crippen LogP contribution in [-0.2, 0) is 17.9 Å². The molecule has 1 unspecified atom stereocenters. The van der Waals surface area contributed by atoms with E-state index in [-0.39, 0.29) is 0 Å². The van der Waals surface area contributed by atoms with Gasteiger partial charge in [-0.25, -0.2) is 0 Å². The van der Waals surface area contributed by atoms with E-state index in [2.05, 4.69) is 25.8 Å². The summed E-state index contributed by atoms with van der Waals surface area (Å²) in [5, 5.41) is 0. The van der Waals surface area contributed by atoms with Gasteiger partial charge >= 0.3 is 0 Å². The van der Waals surface area contributed by atoms with Crippen molar-refractivity contribution in [1.82, 2.24) is 4.98 Å². The highest BCUT2D eigenvalue weighted by molar-refractivity contribution is 5.15. The summed E-state index contributed by atoms with van der Waals surface area (Å²) in [6.07, 6.45) is 3.18. The van der Waals surface area contributed by atoms with Crippen LogP contribution in [0, 0.1) is 5.92 Å². The second-order valence-corrected chi connectivity index (χ2v) is 4.61. The Bertz CT molecular complexity index is 313. The third-order valence-electron chi connectivity index (χ3n) is 2.43. The van der Waals surface area contributed by atoms with Crippen LogP contribution in [-0.4, -0.2) is 11.1 Å². The monoisotopic (exact) mass is 222 g/mol. The average Bonchev–Trinajstić information content (AvgIpc) is 2.26. The Morgan fingerprint density at radius 1 is 1.38 bits per heavy atom. The molecule has 2 N–H and O–H groups in total. The maximum atomic E-state index is 5.77. The summed E-state index contributed by atoms with van der Waals surface area (Å²) >= 11 is 0. The van der Waals surface area contributed by atoms with Crippen LogP contribution in [0.1, 0.15) is 38.4 Å². The summed E-state index contributed by atoms with van der Waals surface area (Å²) in [4.78, 5) is 4.15. The maximum absolute atomic E-state index is 5.77. The van der Waals surface area contributed by atoms with Crippen molar-refractivity contribution in [3.05, 3.63) is 29.6 Å². The van der Waals surface area contributed by atoms with Crippen LogP contribution >= 0.6 is 0 Å². The Morgan fingerprint density at radius 3 is 2.75 bits per heavy atom. The van der Waals surface area contributed by atoms with Gasteiger partial charge in [-0.15, -0.1) is 0 Å². The van der Waals surface area contributed by atoms with E-state index in [1.54, 1.807) is 6.20 Å². The number of ether oxygens (including phenoxy) is 1. The topological polar surface area (TPSA) is 48.1 Å². The Balaban J connectivity index is 2.41. The molecule has 0 fully saturated rings. The molecule has 0 radical (unpaired) electrons. The lowest BCUT2D eigenvalue weighted by Crippen LogP contribution is -2.11. The number of aromatic nitrogens is 1. The minimum atomic E-state index is 0.300. The van der Waals surface area contributed by atoms with Crippen LogP contribution < -0.4 is 5.73 Å². The van der Waals surface area contributed by atoms with E-state index < -0.39 is 0 Å². The largest absolute Gasteiger partial charge is 0.374 e. The fraction of sp³-hybridized carbons (Fsp3) is 0.615. The minimum Gasteiger partial charge on any atom is -0.374 e. The van der Waals surface area contributed by atoms with E-state index in [9.17, 15) is 0 Å². The van der Waals surface area contributed by atoms with Crippen molar-refractivity contribution in [2.45, 2.75) is 46.4 Å². The third-order valence-corrected chi connectivity index (χ3v) is 2.43. The van der Waals surface area contributed by atoms with E-state index in [1.165, 1.54) is 0 Å². The Labute approximate surface area is 98.0 Å². The van der Waals surface area contributed by atoms with Gasteiger partial charge in [0.2, 0.25) is 0 Å². The molecule has 0 aromatic carbocycles. The van der Waals surface area contributed by atoms with Gasteiger partial charge in [0.15, 0.2) is 0 Å². The van der Waals surface area contributed by atoms with Crippen molar-refractivity contribution in [2.75, 3.05) is 0 Å². The molecular formula is C13H22N2O. The molecule has 0 saturated heterocycles. The number of hydrogen-bond donors (Lipinski definition) is 1. The Kier molecular flexibility index (Phi) is 5.43. The predicted octanol–water partition coefficient (Wildman–Crippen LogP) is 2.49. The first-order valence-electron chi connectivity index (χ1n) is 5.87. The van der Waals surface area contributed by atoms with Gasteiger partial charge in [-0.3, -0.25) is 4.98 Å². The zero-order valence-electron chi connectivity index (χ0n) is 10.4. The first-order chi connectivity index (χ1) is 7.61. The zero-order valence-corrected chi connectivity index (χ0v) is 10.4. The van der Waals surface area contributed by atoms with Crippen molar-refractivity contribution in [2.24, 2.45) is 11.7 Å². The molecule has 1 rings (SSSR count). The summed E-state index contributed by atoms with van der Waals surface area (Å²) in [7, 11) is 0. The number of hydrogen-bond acceptors (Lipinski definition) is 3. The van der Waals surface area contributed by atoms with Gasteiger partial charge in [-0.1, -0.05) is 13.8 Å². The number of nitrogens with zero attached hydrogens (tertiary/aromatic N) is 1. The summed E-state index contributed by atoms with van der Waals surface area (Å²) in [5.74, 6) is 0.673. The quantitative estimate of drug-likeness (QED) is 0.804. The lowest BCUT2D eigenvalue weighted by molar-refractivity contribution is 0.0396. The van der Waals surface area contributed by atoms with Gasteiger partial charge in [0.05, 0.1) is 18.4 Å². The third kappa shape index (κ3) is 4.73. The van der Waals surface area contributed by atoms with E-state index in [0.29, 0.717) is 25.2 Å². The lowest BCUT2D eigenvalue weighted by atomic mass is 10.1. The summed E-state index contributed by atoms with van der Waals surface area (Å²) in [6.45, 7) is 7.65. The van der Waals surface area contributed by atoms with Gasteiger partial charge in [0.25, 0.3) is 0 Å². The average molecular weight is 222 g/mol. The smallest absolute Gasteiger partial charge is 0.0721 e. The maximum Gasteiger partial charge on any atom is 0.0721 e. The lowest BCUT2D eigenvalue weighted by Gasteiger charge is -2.15. The standard InChI is InChI=1S/C13H22N2O/c1-10(2)6-11(3)16-9-12-4-5-15-13(7-12)8-14/h4-5,7,10-11H,6,8-9,14H2,1-3H3. The van der Waals surface area contributed by atoms with E-state index in [0.717, 1.165) is 17.7 Å². The first-order valence-corrected chi connectivity index (χ1v) is 5.87. The molecule has 1 aromatic heterocycles. The summed E-state index contributed by atoms with van der Waals surface area (Å²) < 4.78 is 5.77. The molecule has 0 aliphatic heterocycles. The van der Waals surface area contributed by atoms with Gasteiger partial charge < -0.3 is 10.5 Å². The van der Waals surface area contributed by atoms with Crippen molar-refractivity contribution < 1.29 is 4.74 Å². The molecule has 0 amide bonds. The number of rotatable bonds is 6. The van der Waals surface area contributed by atoms with Gasteiger partial charge in [0.1, 0.15) is 0 Å². The SMILES string of the molecule is CC(C)CC(C)OCc1ccnc(CN)c1. The number of pyridine rings is 1. The zero-order chi connectivity index (χ0) is 12.0. The summed E-state index contributed by atoms with van der Waals surface area (Å²) in [5.41, 5.74) is 7.60. The molecule has 3 heteroatoms. The molecule has 0 aliphatic carbocycles. The molecule has 3 nitrogen and oxygen atoms in total. The van der Waals surface area contributed by atoms with Crippen LogP contribution in [0.15, 0.2) is 18.3 Å². The molecule has 0 saturated carbocycles. The second-order valence-electron chi connectivity index (χ2n) is 4.61. The van der Waals surface area contributed by atoms with Crippen LogP contribution in [0.4, 0.5) is 0 Å². The highest BCUT2D eigenvalue weighted by Crippen LogP contribution is 2.10. The van der Waals surface area contributed by atoms with Gasteiger partial charge in [-0.2, -0.15) is 0 Å². The van der Waals surface area contributed by atoms with E-state index >= 15 is 0 Å². The van der Waals surface area contributed by atoms with E-state index in [1.807, 2.05) is 12.1 Å². The van der Waals surface area contributed by atoms with Crippen molar-refractivity contribution in [1.29, 1.82) is 0 Å². The van der Waals surface area contributed by atoms with Gasteiger partial charge in [-0.05, 0) is 37.0 Å². The highest BCUT2D eigenvalue weighted by atomic mass is 16.5. The molecule has 1 atom stereocenters. The summed E-state index contributed by atoms with van der Waals surface area (Å²) in [6, 6.07) is 3.98. The molecule has 0 spiro atoms. The first kappa shape index (κ1) is 13.1. The Hall–Kier alpha value is -0.930. The van der Waals surface area contributed by atoms with E-state index in [4.69, 9.17) is 10.5 Å². The number of nitrogens with two attached hydrogens (primary N) is 1. The van der Waals surface area contributed by atoms with Crippen molar-refractivity contribution in [3.63, 3.8) is 0 Å². The molecule has 16 heavy (non-hydrogen) atoms. The molecule has 90 valence electrons. The van der Waals surface area contributed by atoms with Gasteiger partial charge in [0, 0.05) is 12.7 Å².